The zero-order chi connectivity index (χ0) is 42.6. The second-order valence-corrected chi connectivity index (χ2v) is 16.0. The number of thiophene rings is 1. The fourth-order valence-corrected chi connectivity index (χ4v) is 10.7. The van der Waals surface area contributed by atoms with E-state index in [1.807, 2.05) is 35.2 Å². The number of nitrogens with zero attached hydrogens (tertiary/aromatic N) is 2. The molecule has 2 aromatic heterocycles. The Labute approximate surface area is 348 Å². The van der Waals surface area contributed by atoms with Crippen LogP contribution in [0, 0.1) is 0 Å². The second-order valence-electron chi connectivity index (χ2n) is 14.9. The molecule has 2 nitrogen and oxygen atoms in total. The summed E-state index contributed by atoms with van der Waals surface area (Å²) in [6, 6.07) is 64.5. The average Bonchev–Trinajstić information content (AvgIpc) is 3.98. The van der Waals surface area contributed by atoms with Crippen LogP contribution >= 0.6 is 11.3 Å². The van der Waals surface area contributed by atoms with E-state index in [0.717, 1.165) is 53.2 Å². The van der Waals surface area contributed by atoms with E-state index in [4.69, 9.17) is 4.11 Å². The van der Waals surface area contributed by atoms with Crippen LogP contribution in [0.2, 0.25) is 0 Å². The number of hydrogen-bond donors (Lipinski definition) is 0. The molecule has 0 unspecified atom stereocenters. The quantitative estimate of drug-likeness (QED) is 0.164. The Kier molecular flexibility index (Phi) is 6.29. The highest BCUT2D eigenvalue weighted by Gasteiger charge is 2.46. The third-order valence-electron chi connectivity index (χ3n) is 11.9. The number of aromatic nitrogens is 1. The van der Waals surface area contributed by atoms with Gasteiger partial charge in [0.25, 0.3) is 0 Å². The van der Waals surface area contributed by atoms with Crippen LogP contribution in [-0.2, 0) is 5.41 Å². The minimum Gasteiger partial charge on any atom is -0.310 e. The van der Waals surface area contributed by atoms with Gasteiger partial charge >= 0.3 is 0 Å². The van der Waals surface area contributed by atoms with Crippen LogP contribution in [0.4, 0.5) is 17.1 Å². The number of fused-ring (bicyclic) bond motifs is 9. The van der Waals surface area contributed by atoms with Gasteiger partial charge in [0.1, 0.15) is 0 Å². The molecule has 0 saturated heterocycles. The van der Waals surface area contributed by atoms with Crippen LogP contribution in [0.3, 0.4) is 0 Å². The Hall–Kier alpha value is -7.20. The normalized spacial score (nSPS) is 14.2. The van der Waals surface area contributed by atoms with Crippen molar-refractivity contribution in [3.63, 3.8) is 0 Å². The molecule has 272 valence electrons. The molecule has 0 spiro atoms. The number of benzene rings is 9. The Morgan fingerprint density at radius 2 is 1.00 bits per heavy atom. The lowest BCUT2D eigenvalue weighted by Gasteiger charge is -2.34. The molecule has 0 N–H and O–H groups in total. The summed E-state index contributed by atoms with van der Waals surface area (Å²) in [7, 11) is 0. The monoisotopic (exact) mass is 761 g/mol. The molecule has 0 radical (unpaired) electrons. The third-order valence-corrected chi connectivity index (χ3v) is 13.1. The molecule has 9 aromatic carbocycles. The van der Waals surface area contributed by atoms with E-state index in [2.05, 4.69) is 162 Å². The summed E-state index contributed by atoms with van der Waals surface area (Å²) in [5.74, 6) is 0. The summed E-state index contributed by atoms with van der Waals surface area (Å²) < 4.78 is 49.1. The van der Waals surface area contributed by atoms with Gasteiger partial charge in [-0.3, -0.25) is 0 Å². The van der Waals surface area contributed by atoms with Gasteiger partial charge in [-0.1, -0.05) is 139 Å². The lowest BCUT2D eigenvalue weighted by atomic mass is 9.67. The molecule has 2 heterocycles. The van der Waals surface area contributed by atoms with Gasteiger partial charge in [-0.05, 0) is 112 Å². The van der Waals surface area contributed by atoms with Gasteiger partial charge in [-0.2, -0.15) is 0 Å². The van der Waals surface area contributed by atoms with Gasteiger partial charge in [0.2, 0.25) is 0 Å². The lowest BCUT2D eigenvalue weighted by Crippen LogP contribution is -2.28. The van der Waals surface area contributed by atoms with Gasteiger partial charge in [-0.25, -0.2) is 0 Å². The first-order chi connectivity index (χ1) is 30.8. The van der Waals surface area contributed by atoms with E-state index in [1.54, 1.807) is 11.3 Å². The molecule has 0 saturated carbocycles. The molecule has 0 fully saturated rings. The first kappa shape index (κ1) is 28.2. The van der Waals surface area contributed by atoms with Crippen molar-refractivity contribution in [2.24, 2.45) is 0 Å². The molecule has 3 heteroatoms. The van der Waals surface area contributed by atoms with Gasteiger partial charge in [0.15, 0.2) is 0 Å². The molecule has 0 bridgehead atoms. The fraction of sp³-hybridized carbons (Fsp3) is 0.0182. The zero-order valence-corrected chi connectivity index (χ0v) is 32.0. The van der Waals surface area contributed by atoms with E-state index in [-0.39, 0.29) is 29.9 Å². The van der Waals surface area contributed by atoms with E-state index in [0.29, 0.717) is 11.4 Å². The first-order valence-corrected chi connectivity index (χ1v) is 20.3. The topological polar surface area (TPSA) is 8.17 Å². The van der Waals surface area contributed by atoms with Crippen LogP contribution < -0.4 is 4.90 Å². The molecule has 0 aliphatic heterocycles. The largest absolute Gasteiger partial charge is 0.310 e. The average molecular weight is 762 g/mol. The maximum Gasteiger partial charge on any atom is 0.0713 e. The van der Waals surface area contributed by atoms with Crippen LogP contribution in [0.25, 0.3) is 58.8 Å². The van der Waals surface area contributed by atoms with Crippen LogP contribution in [-0.4, -0.2) is 4.57 Å². The van der Waals surface area contributed by atoms with Crippen molar-refractivity contribution >= 4 is 70.4 Å². The van der Waals surface area contributed by atoms with E-state index in [1.165, 1.54) is 27.8 Å². The van der Waals surface area contributed by atoms with Crippen LogP contribution in [0.5, 0.6) is 0 Å². The molecule has 1 aliphatic carbocycles. The maximum atomic E-state index is 9.27. The summed E-state index contributed by atoms with van der Waals surface area (Å²) in [6.45, 7) is 0. The minimum absolute atomic E-state index is 0.0916. The maximum absolute atomic E-state index is 9.27. The standard InChI is InChI=1S/C55H36N2S/c1-4-16-37(17-5-1)55(49-25-13-10-22-43(49)44-23-11-14-26-50(44)55)38-28-31-51-46(34-38)47-35-41(29-32-52(47)57(51)40-20-8-3-9-21-40)56(39-18-6-2-7-19-39)42-30-33-54-48(36-42)45-24-12-15-27-53(45)58-54/h1-36H/i2D,6D,7D,18D,19D. The molecular weight excluding hydrogens is 721 g/mol. The summed E-state index contributed by atoms with van der Waals surface area (Å²) >= 11 is 1.71. The summed E-state index contributed by atoms with van der Waals surface area (Å²) in [4.78, 5) is 1.84. The molecule has 58 heavy (non-hydrogen) atoms. The number of anilines is 3. The predicted molar refractivity (Wildman–Crippen MR) is 246 cm³/mol. The van der Waals surface area contributed by atoms with Crippen LogP contribution in [0.15, 0.2) is 218 Å². The summed E-state index contributed by atoms with van der Waals surface area (Å²) in [5, 5.41) is 4.15. The Bertz CT molecular complexity index is 3580. The van der Waals surface area contributed by atoms with Crippen molar-refractivity contribution < 1.29 is 6.85 Å². The van der Waals surface area contributed by atoms with Crippen molar-refractivity contribution in [3.05, 3.63) is 241 Å². The van der Waals surface area contributed by atoms with E-state index >= 15 is 0 Å². The Morgan fingerprint density at radius 1 is 0.431 bits per heavy atom. The van der Waals surface area contributed by atoms with Gasteiger partial charge in [0.05, 0.1) is 23.3 Å². The minimum atomic E-state index is -0.612. The van der Waals surface area contributed by atoms with Crippen molar-refractivity contribution in [1.82, 2.24) is 4.57 Å². The highest BCUT2D eigenvalue weighted by Crippen LogP contribution is 2.56. The second kappa shape index (κ2) is 12.9. The molecule has 0 amide bonds. The van der Waals surface area contributed by atoms with Crippen molar-refractivity contribution in [2.75, 3.05) is 4.90 Å². The van der Waals surface area contributed by atoms with Gasteiger partial charge < -0.3 is 9.47 Å². The Balaban J connectivity index is 1.17. The molecule has 11 aromatic rings. The molecule has 12 rings (SSSR count). The van der Waals surface area contributed by atoms with Gasteiger partial charge in [0, 0.05) is 53.7 Å². The SMILES string of the molecule is [2H]c1c([2H])c([2H])c(N(c2ccc3sc4ccccc4c3c2)c2ccc3c(c2)c2cc(C4(c5ccccc5)c5ccccc5-c5ccccc54)ccc2n3-c2ccccc2)c([2H])c1[2H]. The zero-order valence-electron chi connectivity index (χ0n) is 36.2. The third kappa shape index (κ3) is 4.78. The number of rotatable bonds is 6. The lowest BCUT2D eigenvalue weighted by molar-refractivity contribution is 0.770. The van der Waals surface area contributed by atoms with Crippen LogP contribution in [0.1, 0.15) is 29.1 Å². The van der Waals surface area contributed by atoms with Crippen molar-refractivity contribution in [3.8, 4) is 16.8 Å². The molecule has 1 aliphatic rings. The number of para-hydroxylation sites is 2. The highest BCUT2D eigenvalue weighted by molar-refractivity contribution is 7.25. The van der Waals surface area contributed by atoms with Crippen molar-refractivity contribution in [2.45, 2.75) is 5.41 Å². The first-order valence-electron chi connectivity index (χ1n) is 22.0. The van der Waals surface area contributed by atoms with Crippen molar-refractivity contribution in [1.29, 1.82) is 0 Å². The summed E-state index contributed by atoms with van der Waals surface area (Å²) in [6.07, 6.45) is 0. The molecular formula is C55H36N2S. The highest BCUT2D eigenvalue weighted by atomic mass is 32.1. The van der Waals surface area contributed by atoms with Gasteiger partial charge in [-0.15, -0.1) is 11.3 Å². The Morgan fingerprint density at radius 3 is 1.74 bits per heavy atom. The fourth-order valence-electron chi connectivity index (χ4n) is 9.57. The summed E-state index contributed by atoms with van der Waals surface area (Å²) in [5.41, 5.74) is 11.1. The predicted octanol–water partition coefficient (Wildman–Crippen LogP) is 15.0. The van der Waals surface area contributed by atoms with E-state index in [9.17, 15) is 2.74 Å². The molecule has 0 atom stereocenters. The van der Waals surface area contributed by atoms with E-state index < -0.39 is 11.5 Å². The smallest absolute Gasteiger partial charge is 0.0713 e. The number of hydrogen-bond acceptors (Lipinski definition) is 2.